The van der Waals surface area contributed by atoms with Gasteiger partial charge in [-0.2, -0.15) is 0 Å². The number of allylic oxidation sites excluding steroid dienone is 7. The fraction of sp³-hybridized carbons (Fsp3) is 0.192. The number of hydrogen-bond donors (Lipinski definition) is 2. The van der Waals surface area contributed by atoms with E-state index in [9.17, 15) is 0 Å². The van der Waals surface area contributed by atoms with Crippen LogP contribution in [0.25, 0.3) is 5.57 Å². The summed E-state index contributed by atoms with van der Waals surface area (Å²) in [7, 11) is 0. The second-order valence-corrected chi connectivity index (χ2v) is 6.91. The average molecular weight is 386 g/mol. The van der Waals surface area contributed by atoms with Crippen LogP contribution >= 0.6 is 0 Å². The van der Waals surface area contributed by atoms with E-state index in [-0.39, 0.29) is 12.3 Å². The molecule has 0 saturated carbocycles. The van der Waals surface area contributed by atoms with Crippen molar-refractivity contribution < 1.29 is 0 Å². The smallest absolute Gasteiger partial charge is 0.127 e. The van der Waals surface area contributed by atoms with Gasteiger partial charge in [0.2, 0.25) is 0 Å². The summed E-state index contributed by atoms with van der Waals surface area (Å²) >= 11 is 0. The van der Waals surface area contributed by atoms with Gasteiger partial charge in [-0.05, 0) is 49.1 Å². The Labute approximate surface area is 175 Å². The molecule has 0 heterocycles. The average Bonchev–Trinajstić information content (AvgIpc) is 2.75. The molecule has 0 aliphatic heterocycles. The first kappa shape index (κ1) is 22.3. The third-order valence-electron chi connectivity index (χ3n) is 4.53. The summed E-state index contributed by atoms with van der Waals surface area (Å²) in [5.74, 6) is 0. The van der Waals surface area contributed by atoms with E-state index in [2.05, 4.69) is 37.0 Å². The first-order valence-electron chi connectivity index (χ1n) is 9.83. The molecule has 0 radical (unpaired) electrons. The number of nitrogens with one attached hydrogen (secondary N) is 1. The molecule has 0 bridgehead atoms. The van der Waals surface area contributed by atoms with Crippen molar-refractivity contribution in [2.75, 3.05) is 0 Å². The predicted molar refractivity (Wildman–Crippen MR) is 127 cm³/mol. The number of nitrogens with two attached hydrogens (primary N) is 1. The summed E-state index contributed by atoms with van der Waals surface area (Å²) < 4.78 is 0. The molecule has 2 atom stereocenters. The highest BCUT2D eigenvalue weighted by atomic mass is 15.1. The number of aliphatic imine (C=N–C) groups is 1. The van der Waals surface area contributed by atoms with Gasteiger partial charge in [0.25, 0.3) is 0 Å². The summed E-state index contributed by atoms with van der Waals surface area (Å²) in [6.45, 7) is 9.97. The minimum Gasteiger partial charge on any atom is -0.312 e. The SMILES string of the molecule is C=C(C)/C=C\C=C\C=NC(NC(N)c1ccccc1)c1ccccc1/C(C)=C/C. The molecule has 0 aliphatic carbocycles. The van der Waals surface area contributed by atoms with Gasteiger partial charge in [-0.15, -0.1) is 0 Å². The van der Waals surface area contributed by atoms with Crippen LogP contribution in [0.2, 0.25) is 0 Å². The third-order valence-corrected chi connectivity index (χ3v) is 4.53. The van der Waals surface area contributed by atoms with E-state index in [0.29, 0.717) is 0 Å². The monoisotopic (exact) mass is 385 g/mol. The lowest BCUT2D eigenvalue weighted by molar-refractivity contribution is 0.466. The van der Waals surface area contributed by atoms with E-state index in [1.165, 1.54) is 5.57 Å². The molecular formula is C26H31N3. The summed E-state index contributed by atoms with van der Waals surface area (Å²) in [5, 5.41) is 3.46. The van der Waals surface area contributed by atoms with Gasteiger partial charge >= 0.3 is 0 Å². The molecule has 0 saturated heterocycles. The Bertz CT molecular complexity index is 905. The summed E-state index contributed by atoms with van der Waals surface area (Å²) in [5.41, 5.74) is 11.9. The van der Waals surface area contributed by atoms with Crippen LogP contribution < -0.4 is 11.1 Å². The largest absolute Gasteiger partial charge is 0.312 e. The lowest BCUT2D eigenvalue weighted by Crippen LogP contribution is -2.32. The van der Waals surface area contributed by atoms with E-state index >= 15 is 0 Å². The molecular weight excluding hydrogens is 354 g/mol. The number of benzene rings is 2. The highest BCUT2D eigenvalue weighted by Gasteiger charge is 2.17. The molecule has 0 fully saturated rings. The fourth-order valence-electron chi connectivity index (χ4n) is 2.86. The molecule has 0 amide bonds. The molecule has 0 spiro atoms. The van der Waals surface area contributed by atoms with Gasteiger partial charge in [0.1, 0.15) is 6.17 Å². The van der Waals surface area contributed by atoms with Crippen LogP contribution in [0.15, 0.2) is 102 Å². The molecule has 2 aromatic carbocycles. The first-order chi connectivity index (χ1) is 14.0. The van der Waals surface area contributed by atoms with Crippen molar-refractivity contribution in [2.45, 2.75) is 33.1 Å². The number of nitrogens with zero attached hydrogens (tertiary/aromatic N) is 1. The second kappa shape index (κ2) is 11.7. The van der Waals surface area contributed by atoms with Gasteiger partial charge < -0.3 is 5.73 Å². The Balaban J connectivity index is 2.32. The number of hydrogen-bond acceptors (Lipinski definition) is 3. The standard InChI is InChI=1S/C26H31N3/c1-5-21(4)23-17-11-12-18-24(23)26(28-19-13-7-8-14-20(2)3)29-25(27)22-15-9-6-10-16-22/h5-19,25-26,29H,2,27H2,1,3-4H3/b13-7+,14-8-,21-5+,28-19?. The Hall–Kier alpha value is -3.01. The summed E-state index contributed by atoms with van der Waals surface area (Å²) in [6.07, 6.45) is 11.1. The Morgan fingerprint density at radius 1 is 1.00 bits per heavy atom. The Morgan fingerprint density at radius 3 is 2.38 bits per heavy atom. The Kier molecular flexibility index (Phi) is 9.03. The van der Waals surface area contributed by atoms with Crippen molar-refractivity contribution in [2.24, 2.45) is 10.7 Å². The molecule has 150 valence electrons. The van der Waals surface area contributed by atoms with Crippen LogP contribution in [0.4, 0.5) is 0 Å². The highest BCUT2D eigenvalue weighted by molar-refractivity contribution is 5.72. The minimum atomic E-state index is -0.329. The first-order valence-corrected chi connectivity index (χ1v) is 9.83. The molecule has 2 unspecified atom stereocenters. The maximum atomic E-state index is 6.44. The van der Waals surface area contributed by atoms with Crippen molar-refractivity contribution in [1.82, 2.24) is 5.32 Å². The van der Waals surface area contributed by atoms with Gasteiger partial charge in [0, 0.05) is 6.21 Å². The van der Waals surface area contributed by atoms with Gasteiger partial charge in [-0.1, -0.05) is 91.1 Å². The van der Waals surface area contributed by atoms with Crippen LogP contribution in [0.3, 0.4) is 0 Å². The van der Waals surface area contributed by atoms with Crippen molar-refractivity contribution in [3.63, 3.8) is 0 Å². The maximum Gasteiger partial charge on any atom is 0.127 e. The molecule has 3 heteroatoms. The van der Waals surface area contributed by atoms with Crippen LogP contribution in [-0.4, -0.2) is 6.21 Å². The van der Waals surface area contributed by atoms with Crippen molar-refractivity contribution in [1.29, 1.82) is 0 Å². The van der Waals surface area contributed by atoms with E-state index in [1.54, 1.807) is 6.21 Å². The van der Waals surface area contributed by atoms with Crippen LogP contribution in [0, 0.1) is 0 Å². The number of rotatable bonds is 9. The van der Waals surface area contributed by atoms with Crippen molar-refractivity contribution in [3.05, 3.63) is 114 Å². The molecule has 0 aromatic heterocycles. The Morgan fingerprint density at radius 2 is 1.69 bits per heavy atom. The molecule has 3 nitrogen and oxygen atoms in total. The van der Waals surface area contributed by atoms with E-state index in [4.69, 9.17) is 10.7 Å². The van der Waals surface area contributed by atoms with E-state index < -0.39 is 0 Å². The van der Waals surface area contributed by atoms with Gasteiger partial charge in [0.05, 0.1) is 6.17 Å². The van der Waals surface area contributed by atoms with Crippen molar-refractivity contribution >= 4 is 11.8 Å². The van der Waals surface area contributed by atoms with Crippen molar-refractivity contribution in [3.8, 4) is 0 Å². The molecule has 3 N–H and O–H groups in total. The molecule has 2 rings (SSSR count). The zero-order valence-electron chi connectivity index (χ0n) is 17.5. The minimum absolute atomic E-state index is 0.272. The third kappa shape index (κ3) is 7.15. The van der Waals surface area contributed by atoms with Crippen LogP contribution in [0.5, 0.6) is 0 Å². The normalized spacial score (nSPS) is 14.7. The van der Waals surface area contributed by atoms with E-state index in [1.807, 2.05) is 80.6 Å². The lowest BCUT2D eigenvalue weighted by atomic mass is 9.98. The van der Waals surface area contributed by atoms with Gasteiger partial charge in [0.15, 0.2) is 0 Å². The molecule has 29 heavy (non-hydrogen) atoms. The predicted octanol–water partition coefficient (Wildman–Crippen LogP) is 6.11. The fourth-order valence-corrected chi connectivity index (χ4v) is 2.86. The zero-order chi connectivity index (χ0) is 21.1. The van der Waals surface area contributed by atoms with Crippen LogP contribution in [0.1, 0.15) is 49.8 Å². The summed E-state index contributed by atoms with van der Waals surface area (Å²) in [6, 6.07) is 18.3. The van der Waals surface area contributed by atoms with Crippen LogP contribution in [-0.2, 0) is 0 Å². The second-order valence-electron chi connectivity index (χ2n) is 6.91. The highest BCUT2D eigenvalue weighted by Crippen LogP contribution is 2.27. The topological polar surface area (TPSA) is 50.4 Å². The zero-order valence-corrected chi connectivity index (χ0v) is 17.5. The lowest BCUT2D eigenvalue weighted by Gasteiger charge is -2.23. The quantitative estimate of drug-likeness (QED) is 0.311. The van der Waals surface area contributed by atoms with Gasteiger partial charge in [-0.3, -0.25) is 10.3 Å². The molecule has 2 aromatic rings. The summed E-state index contributed by atoms with van der Waals surface area (Å²) in [4.78, 5) is 4.77. The molecule has 0 aliphatic rings. The van der Waals surface area contributed by atoms with Gasteiger partial charge in [-0.25, -0.2) is 0 Å². The van der Waals surface area contributed by atoms with E-state index in [0.717, 1.165) is 22.3 Å². The maximum absolute atomic E-state index is 6.44.